The number of thioether (sulfide) groups is 1. The highest BCUT2D eigenvalue weighted by molar-refractivity contribution is 7.99. The average molecular weight is 426 g/mol. The Bertz CT molecular complexity index is 1180. The summed E-state index contributed by atoms with van der Waals surface area (Å²) in [5.74, 6) is 1.39. The van der Waals surface area contributed by atoms with Crippen LogP contribution in [-0.4, -0.2) is 31.2 Å². The van der Waals surface area contributed by atoms with E-state index in [-0.39, 0.29) is 17.6 Å². The Morgan fingerprint density at radius 3 is 2.69 bits per heavy atom. The van der Waals surface area contributed by atoms with Gasteiger partial charge >= 0.3 is 0 Å². The van der Waals surface area contributed by atoms with E-state index in [1.54, 1.807) is 11.3 Å². The normalized spacial score (nSPS) is 11.6. The first-order chi connectivity index (χ1) is 14.0. The van der Waals surface area contributed by atoms with Gasteiger partial charge in [-0.1, -0.05) is 55.9 Å². The summed E-state index contributed by atoms with van der Waals surface area (Å²) < 4.78 is 2.02. The van der Waals surface area contributed by atoms with Crippen molar-refractivity contribution in [3.8, 4) is 0 Å². The van der Waals surface area contributed by atoms with Crippen molar-refractivity contribution in [1.82, 2.24) is 24.9 Å². The molecule has 0 bridgehead atoms. The number of amides is 1. The predicted octanol–water partition coefficient (Wildman–Crippen LogP) is 4.49. The second-order valence-corrected chi connectivity index (χ2v) is 9.43. The Balaban J connectivity index is 1.59. The van der Waals surface area contributed by atoms with E-state index in [9.17, 15) is 4.79 Å². The van der Waals surface area contributed by atoms with Crippen molar-refractivity contribution in [2.45, 2.75) is 45.3 Å². The molecule has 0 aliphatic rings. The van der Waals surface area contributed by atoms with Gasteiger partial charge in [-0.2, -0.15) is 0 Å². The van der Waals surface area contributed by atoms with Crippen LogP contribution in [0.5, 0.6) is 0 Å². The Kier molecular flexibility index (Phi) is 5.56. The lowest BCUT2D eigenvalue weighted by molar-refractivity contribution is -0.118. The number of rotatable bonds is 6. The topological polar surface area (TPSA) is 72.2 Å². The number of aromatic nitrogens is 4. The van der Waals surface area contributed by atoms with Crippen LogP contribution in [0.2, 0.25) is 0 Å². The van der Waals surface area contributed by atoms with Gasteiger partial charge in [0, 0.05) is 17.3 Å². The largest absolute Gasteiger partial charge is 0.351 e. The smallest absolute Gasteiger partial charge is 0.230 e. The standard InChI is InChI=1S/C21H23N5OS2/c1-12(2)18-23-20-17(13(3)14(4)29-20)19-24-25-21(26(18)19)28-11-16(27)22-10-15-8-6-5-7-9-15/h5-9,12H,10-11H2,1-4H3,(H,22,27). The second-order valence-electron chi connectivity index (χ2n) is 7.28. The molecule has 0 aliphatic carbocycles. The molecule has 3 aromatic heterocycles. The van der Waals surface area contributed by atoms with Gasteiger partial charge < -0.3 is 5.32 Å². The molecule has 8 heteroatoms. The van der Waals surface area contributed by atoms with Crippen LogP contribution in [0.25, 0.3) is 15.9 Å². The van der Waals surface area contributed by atoms with Crippen LogP contribution in [0.1, 0.15) is 41.6 Å². The van der Waals surface area contributed by atoms with E-state index in [1.165, 1.54) is 22.2 Å². The minimum atomic E-state index is -0.0294. The maximum Gasteiger partial charge on any atom is 0.230 e. The Morgan fingerprint density at radius 1 is 1.21 bits per heavy atom. The van der Waals surface area contributed by atoms with Crippen molar-refractivity contribution in [2.24, 2.45) is 0 Å². The number of hydrogen-bond acceptors (Lipinski definition) is 6. The summed E-state index contributed by atoms with van der Waals surface area (Å²) >= 11 is 3.09. The molecule has 0 saturated carbocycles. The van der Waals surface area contributed by atoms with Crippen LogP contribution in [0, 0.1) is 13.8 Å². The quantitative estimate of drug-likeness (QED) is 0.461. The summed E-state index contributed by atoms with van der Waals surface area (Å²) in [6, 6.07) is 9.89. The molecular formula is C21H23N5OS2. The molecule has 1 N–H and O–H groups in total. The van der Waals surface area contributed by atoms with Gasteiger partial charge in [0.05, 0.1) is 11.1 Å². The highest BCUT2D eigenvalue weighted by Crippen LogP contribution is 2.34. The maximum atomic E-state index is 12.3. The number of nitrogens with zero attached hydrogens (tertiary/aromatic N) is 4. The van der Waals surface area contributed by atoms with E-state index in [4.69, 9.17) is 4.98 Å². The fourth-order valence-electron chi connectivity index (χ4n) is 3.20. The highest BCUT2D eigenvalue weighted by atomic mass is 32.2. The molecule has 1 aromatic carbocycles. The lowest BCUT2D eigenvalue weighted by Crippen LogP contribution is -2.24. The SMILES string of the molecule is Cc1sc2nc(C(C)C)n3c(SCC(=O)NCc4ccccc4)nnc3c2c1C. The van der Waals surface area contributed by atoms with Crippen molar-refractivity contribution in [3.05, 3.63) is 52.2 Å². The second kappa shape index (κ2) is 8.12. The van der Waals surface area contributed by atoms with Crippen molar-refractivity contribution in [1.29, 1.82) is 0 Å². The number of fused-ring (bicyclic) bond motifs is 3. The third-order valence-corrected chi connectivity index (χ3v) is 6.88. The first kappa shape index (κ1) is 19.8. The monoisotopic (exact) mass is 425 g/mol. The maximum absolute atomic E-state index is 12.3. The first-order valence-corrected chi connectivity index (χ1v) is 11.3. The number of thiophene rings is 1. The molecular weight excluding hydrogens is 402 g/mol. The minimum Gasteiger partial charge on any atom is -0.351 e. The van der Waals surface area contributed by atoms with Crippen molar-refractivity contribution in [3.63, 3.8) is 0 Å². The number of benzene rings is 1. The zero-order valence-corrected chi connectivity index (χ0v) is 18.5. The summed E-state index contributed by atoms with van der Waals surface area (Å²) in [7, 11) is 0. The summed E-state index contributed by atoms with van der Waals surface area (Å²) in [5, 5.41) is 13.6. The van der Waals surface area contributed by atoms with E-state index in [2.05, 4.69) is 43.2 Å². The lowest BCUT2D eigenvalue weighted by atomic mass is 10.2. The summed E-state index contributed by atoms with van der Waals surface area (Å²) in [5.41, 5.74) is 3.10. The molecule has 0 saturated heterocycles. The van der Waals surface area contributed by atoms with Crippen molar-refractivity contribution in [2.75, 3.05) is 5.75 Å². The molecule has 150 valence electrons. The molecule has 6 nitrogen and oxygen atoms in total. The number of hydrogen-bond donors (Lipinski definition) is 1. The van der Waals surface area contributed by atoms with Crippen LogP contribution in [0.3, 0.4) is 0 Å². The van der Waals surface area contributed by atoms with E-state index >= 15 is 0 Å². The number of carbonyl (C=O) groups is 1. The van der Waals surface area contributed by atoms with Crippen LogP contribution in [0.15, 0.2) is 35.5 Å². The first-order valence-electron chi connectivity index (χ1n) is 9.54. The molecule has 0 aliphatic heterocycles. The molecule has 0 fully saturated rings. The number of nitrogens with one attached hydrogen (secondary N) is 1. The van der Waals surface area contributed by atoms with Gasteiger partial charge in [-0.25, -0.2) is 4.98 Å². The summed E-state index contributed by atoms with van der Waals surface area (Å²) in [4.78, 5) is 19.5. The van der Waals surface area contributed by atoms with Gasteiger partial charge in [0.1, 0.15) is 10.7 Å². The van der Waals surface area contributed by atoms with Gasteiger partial charge in [0.2, 0.25) is 5.91 Å². The van der Waals surface area contributed by atoms with E-state index < -0.39 is 0 Å². The van der Waals surface area contributed by atoms with Gasteiger partial charge in [0.25, 0.3) is 0 Å². The van der Waals surface area contributed by atoms with Gasteiger partial charge in [-0.15, -0.1) is 21.5 Å². The van der Waals surface area contributed by atoms with Crippen molar-refractivity contribution < 1.29 is 4.79 Å². The minimum absolute atomic E-state index is 0.0294. The van der Waals surface area contributed by atoms with Gasteiger partial charge in [0.15, 0.2) is 10.8 Å². The fraction of sp³-hybridized carbons (Fsp3) is 0.333. The molecule has 0 spiro atoms. The van der Waals surface area contributed by atoms with Gasteiger partial charge in [-0.3, -0.25) is 9.20 Å². The molecule has 29 heavy (non-hydrogen) atoms. The fourth-order valence-corrected chi connectivity index (χ4v) is 5.00. The number of aryl methyl sites for hydroxylation is 2. The van der Waals surface area contributed by atoms with Crippen molar-refractivity contribution >= 4 is 44.9 Å². The molecule has 0 atom stereocenters. The van der Waals surface area contributed by atoms with E-state index in [0.717, 1.165) is 27.3 Å². The third kappa shape index (κ3) is 3.86. The van der Waals surface area contributed by atoms with Crippen LogP contribution < -0.4 is 5.32 Å². The van der Waals surface area contributed by atoms with E-state index in [0.29, 0.717) is 11.7 Å². The van der Waals surface area contributed by atoms with Crippen LogP contribution in [0.4, 0.5) is 0 Å². The average Bonchev–Trinajstić information content (AvgIpc) is 3.25. The highest BCUT2D eigenvalue weighted by Gasteiger charge is 2.21. The molecule has 4 rings (SSSR count). The molecule has 0 radical (unpaired) electrons. The predicted molar refractivity (Wildman–Crippen MR) is 119 cm³/mol. The molecule has 3 heterocycles. The Labute approximate surface area is 177 Å². The summed E-state index contributed by atoms with van der Waals surface area (Å²) in [6.07, 6.45) is 0. The lowest BCUT2D eigenvalue weighted by Gasteiger charge is -2.10. The zero-order valence-electron chi connectivity index (χ0n) is 16.9. The van der Waals surface area contributed by atoms with Crippen LogP contribution in [-0.2, 0) is 11.3 Å². The van der Waals surface area contributed by atoms with Crippen LogP contribution >= 0.6 is 23.1 Å². The Hall–Kier alpha value is -2.45. The zero-order chi connectivity index (χ0) is 20.5. The van der Waals surface area contributed by atoms with Gasteiger partial charge in [-0.05, 0) is 25.0 Å². The third-order valence-electron chi connectivity index (χ3n) is 4.85. The molecule has 0 unspecified atom stereocenters. The Morgan fingerprint density at radius 2 is 1.97 bits per heavy atom. The summed E-state index contributed by atoms with van der Waals surface area (Å²) in [6.45, 7) is 8.96. The van der Waals surface area contributed by atoms with E-state index in [1.807, 2.05) is 34.7 Å². The molecule has 4 aromatic rings. The molecule has 1 amide bonds. The number of carbonyl (C=O) groups excluding carboxylic acids is 1.